The summed E-state index contributed by atoms with van der Waals surface area (Å²) >= 11 is 0. The van der Waals surface area contributed by atoms with E-state index in [2.05, 4.69) is 5.32 Å². The summed E-state index contributed by atoms with van der Waals surface area (Å²) in [5, 5.41) is 2.79. The number of carbonyl (C=O) groups is 1. The topological polar surface area (TPSA) is 69.7 Å². The first kappa shape index (κ1) is 13.2. The van der Waals surface area contributed by atoms with Crippen LogP contribution >= 0.6 is 0 Å². The maximum absolute atomic E-state index is 12.3. The predicted molar refractivity (Wildman–Crippen MR) is 76.8 cm³/mol. The Balaban J connectivity index is 1.73. The van der Waals surface area contributed by atoms with Crippen LogP contribution in [0.2, 0.25) is 0 Å². The second-order valence-corrected chi connectivity index (χ2v) is 6.99. The summed E-state index contributed by atoms with van der Waals surface area (Å²) in [6.45, 7) is 0.582. The van der Waals surface area contributed by atoms with Crippen molar-refractivity contribution in [2.24, 2.45) is 5.92 Å². The minimum Gasteiger partial charge on any atom is -0.354 e. The van der Waals surface area contributed by atoms with Gasteiger partial charge < -0.3 is 5.32 Å². The number of hydrogen-bond acceptors (Lipinski definition) is 3. The van der Waals surface area contributed by atoms with Crippen LogP contribution in [0.15, 0.2) is 24.3 Å². The third kappa shape index (κ3) is 2.11. The van der Waals surface area contributed by atoms with Gasteiger partial charge in [0, 0.05) is 19.5 Å². The molecule has 1 aliphatic carbocycles. The lowest BCUT2D eigenvalue weighted by Crippen LogP contribution is -2.41. The van der Waals surface area contributed by atoms with Gasteiger partial charge in [0.2, 0.25) is 5.91 Å². The monoisotopic (exact) mass is 295 g/mol. The number of para-hydroxylation sites is 2. The molecular formula is C13H17N3O3S. The summed E-state index contributed by atoms with van der Waals surface area (Å²) in [7, 11) is -1.97. The van der Waals surface area contributed by atoms with Crippen molar-refractivity contribution in [3.63, 3.8) is 0 Å². The molecule has 1 N–H and O–H groups in total. The van der Waals surface area contributed by atoms with Crippen LogP contribution in [0.25, 0.3) is 0 Å². The van der Waals surface area contributed by atoms with Gasteiger partial charge in [-0.25, -0.2) is 4.31 Å². The minimum absolute atomic E-state index is 0.0308. The first-order valence-corrected chi connectivity index (χ1v) is 8.05. The van der Waals surface area contributed by atoms with Crippen LogP contribution in [0.5, 0.6) is 0 Å². The second-order valence-electron chi connectivity index (χ2n) is 5.10. The van der Waals surface area contributed by atoms with Crippen molar-refractivity contribution in [1.82, 2.24) is 5.32 Å². The molecule has 0 radical (unpaired) electrons. The molecule has 7 heteroatoms. The molecule has 2 aliphatic rings. The van der Waals surface area contributed by atoms with Gasteiger partial charge in [0.15, 0.2) is 0 Å². The average Bonchev–Trinajstić information content (AvgIpc) is 3.24. The molecule has 0 spiro atoms. The van der Waals surface area contributed by atoms with Crippen LogP contribution in [-0.4, -0.2) is 34.5 Å². The van der Waals surface area contributed by atoms with Crippen molar-refractivity contribution >= 4 is 27.5 Å². The van der Waals surface area contributed by atoms with Crippen LogP contribution in [0, 0.1) is 5.92 Å². The van der Waals surface area contributed by atoms with E-state index in [1.165, 1.54) is 15.7 Å². The van der Waals surface area contributed by atoms with E-state index in [9.17, 15) is 13.2 Å². The number of fused-ring (bicyclic) bond motifs is 1. The highest BCUT2D eigenvalue weighted by Crippen LogP contribution is 2.39. The van der Waals surface area contributed by atoms with Crippen LogP contribution < -0.4 is 13.9 Å². The molecule has 108 valence electrons. The SMILES string of the molecule is CN1c2ccccc2N(CCNC(=O)C2CC2)S1(=O)=O. The quantitative estimate of drug-likeness (QED) is 0.889. The molecule has 1 aromatic rings. The van der Waals surface area contributed by atoms with Gasteiger partial charge in [0.05, 0.1) is 17.9 Å². The standard InChI is InChI=1S/C13H17N3O3S/c1-15-11-4-2-3-5-12(11)16(20(15,18)19)9-8-14-13(17)10-6-7-10/h2-5,10H,6-9H2,1H3,(H,14,17). The lowest BCUT2D eigenvalue weighted by Gasteiger charge is -2.19. The van der Waals surface area contributed by atoms with Gasteiger partial charge in [-0.15, -0.1) is 0 Å². The molecular weight excluding hydrogens is 278 g/mol. The van der Waals surface area contributed by atoms with Gasteiger partial charge >= 0.3 is 10.2 Å². The van der Waals surface area contributed by atoms with Crippen molar-refractivity contribution in [3.8, 4) is 0 Å². The lowest BCUT2D eigenvalue weighted by molar-refractivity contribution is -0.122. The molecule has 1 heterocycles. The fraction of sp³-hybridized carbons (Fsp3) is 0.462. The molecule has 0 aromatic heterocycles. The van der Waals surface area contributed by atoms with Gasteiger partial charge in [0.25, 0.3) is 0 Å². The maximum Gasteiger partial charge on any atom is 0.326 e. The summed E-state index contributed by atoms with van der Waals surface area (Å²) < 4.78 is 27.2. The minimum atomic E-state index is -3.51. The molecule has 1 saturated carbocycles. The van der Waals surface area contributed by atoms with E-state index in [0.717, 1.165) is 12.8 Å². The number of carbonyl (C=O) groups excluding carboxylic acids is 1. The van der Waals surface area contributed by atoms with Crippen LogP contribution in [0.4, 0.5) is 11.4 Å². The van der Waals surface area contributed by atoms with Gasteiger partial charge in [-0.3, -0.25) is 9.10 Å². The van der Waals surface area contributed by atoms with E-state index in [-0.39, 0.29) is 18.4 Å². The van der Waals surface area contributed by atoms with Gasteiger partial charge in [0.1, 0.15) is 0 Å². The Morgan fingerprint density at radius 3 is 2.60 bits per heavy atom. The molecule has 0 bridgehead atoms. The van der Waals surface area contributed by atoms with E-state index < -0.39 is 10.2 Å². The molecule has 3 rings (SSSR count). The summed E-state index contributed by atoms with van der Waals surface area (Å²) in [6.07, 6.45) is 1.89. The molecule has 1 amide bonds. The maximum atomic E-state index is 12.3. The third-order valence-corrected chi connectivity index (χ3v) is 5.50. The third-order valence-electron chi connectivity index (χ3n) is 3.68. The van der Waals surface area contributed by atoms with Crippen LogP contribution in [0.1, 0.15) is 12.8 Å². The van der Waals surface area contributed by atoms with Crippen molar-refractivity contribution in [2.75, 3.05) is 28.7 Å². The van der Waals surface area contributed by atoms with E-state index in [0.29, 0.717) is 17.9 Å². The Morgan fingerprint density at radius 2 is 1.95 bits per heavy atom. The highest BCUT2D eigenvalue weighted by Gasteiger charge is 2.37. The fourth-order valence-corrected chi connectivity index (χ4v) is 3.77. The average molecular weight is 295 g/mol. The first-order valence-electron chi connectivity index (χ1n) is 6.65. The normalized spacial score (nSPS) is 19.9. The number of anilines is 2. The van der Waals surface area contributed by atoms with E-state index in [4.69, 9.17) is 0 Å². The summed E-state index contributed by atoms with van der Waals surface area (Å²) in [4.78, 5) is 11.6. The number of amides is 1. The van der Waals surface area contributed by atoms with Crippen LogP contribution in [0.3, 0.4) is 0 Å². The zero-order valence-electron chi connectivity index (χ0n) is 11.2. The molecule has 1 fully saturated rings. The zero-order chi connectivity index (χ0) is 14.3. The Kier molecular flexibility index (Phi) is 3.08. The number of rotatable bonds is 4. The largest absolute Gasteiger partial charge is 0.354 e. The smallest absolute Gasteiger partial charge is 0.326 e. The first-order chi connectivity index (χ1) is 9.51. The lowest BCUT2D eigenvalue weighted by atomic mass is 10.2. The number of nitrogens with one attached hydrogen (secondary N) is 1. The van der Waals surface area contributed by atoms with Crippen LogP contribution in [-0.2, 0) is 15.0 Å². The van der Waals surface area contributed by atoms with Gasteiger partial charge in [-0.2, -0.15) is 8.42 Å². The Morgan fingerprint density at radius 1 is 1.30 bits per heavy atom. The van der Waals surface area contributed by atoms with Crippen molar-refractivity contribution in [3.05, 3.63) is 24.3 Å². The van der Waals surface area contributed by atoms with Gasteiger partial charge in [-0.05, 0) is 25.0 Å². The Hall–Kier alpha value is -1.76. The number of hydrogen-bond donors (Lipinski definition) is 1. The molecule has 0 unspecified atom stereocenters. The zero-order valence-corrected chi connectivity index (χ0v) is 12.1. The molecule has 1 aliphatic heterocycles. The molecule has 20 heavy (non-hydrogen) atoms. The number of nitrogens with zero attached hydrogens (tertiary/aromatic N) is 2. The molecule has 1 aromatic carbocycles. The number of benzene rings is 1. The molecule has 0 saturated heterocycles. The second kappa shape index (κ2) is 4.66. The van der Waals surface area contributed by atoms with E-state index >= 15 is 0 Å². The van der Waals surface area contributed by atoms with Crippen molar-refractivity contribution < 1.29 is 13.2 Å². The predicted octanol–water partition coefficient (Wildman–Crippen LogP) is 0.714. The molecule has 6 nitrogen and oxygen atoms in total. The van der Waals surface area contributed by atoms with Crippen molar-refractivity contribution in [1.29, 1.82) is 0 Å². The van der Waals surface area contributed by atoms with E-state index in [1.54, 1.807) is 12.1 Å². The fourth-order valence-electron chi connectivity index (χ4n) is 2.34. The summed E-state index contributed by atoms with van der Waals surface area (Å²) in [6, 6.07) is 7.17. The highest BCUT2D eigenvalue weighted by atomic mass is 32.2. The van der Waals surface area contributed by atoms with Gasteiger partial charge in [-0.1, -0.05) is 12.1 Å². The Labute approximate surface area is 118 Å². The Bertz CT molecular complexity index is 640. The van der Waals surface area contributed by atoms with Crippen molar-refractivity contribution in [2.45, 2.75) is 12.8 Å². The summed E-state index contributed by atoms with van der Waals surface area (Å²) in [5.74, 6) is 0.170. The summed E-state index contributed by atoms with van der Waals surface area (Å²) in [5.41, 5.74) is 1.33. The molecule has 0 atom stereocenters. The highest BCUT2D eigenvalue weighted by molar-refractivity contribution is 7.94. The van der Waals surface area contributed by atoms with E-state index in [1.807, 2.05) is 12.1 Å².